The maximum absolute atomic E-state index is 12.0. The lowest BCUT2D eigenvalue weighted by Crippen LogP contribution is -2.34. The van der Waals surface area contributed by atoms with Crippen molar-refractivity contribution >= 4 is 11.6 Å². The maximum atomic E-state index is 12.0. The lowest BCUT2D eigenvalue weighted by Gasteiger charge is -2.22. The van der Waals surface area contributed by atoms with Gasteiger partial charge in [-0.1, -0.05) is 31.4 Å². The molecule has 4 nitrogen and oxygen atoms in total. The van der Waals surface area contributed by atoms with E-state index in [1.54, 1.807) is 0 Å². The number of anilines is 1. The van der Waals surface area contributed by atoms with Gasteiger partial charge in [-0.05, 0) is 62.4 Å². The standard InChI is InChI=1S/C20H31N3O/c24-20(16-21-12-15-23-13-4-5-14-23)22-19-10-8-18(9-11-19)17-6-2-1-3-7-17/h8-11,17,21H,1-7,12-16H2,(H,22,24). The Kier molecular flexibility index (Phi) is 6.67. The summed E-state index contributed by atoms with van der Waals surface area (Å²) in [5, 5.41) is 6.23. The van der Waals surface area contributed by atoms with Gasteiger partial charge in [0.25, 0.3) is 0 Å². The smallest absolute Gasteiger partial charge is 0.238 e. The molecule has 0 unspecified atom stereocenters. The van der Waals surface area contributed by atoms with Gasteiger partial charge in [-0.3, -0.25) is 4.79 Å². The predicted molar refractivity (Wildman–Crippen MR) is 99.4 cm³/mol. The Morgan fingerprint density at radius 2 is 1.71 bits per heavy atom. The number of benzene rings is 1. The third-order valence-electron chi connectivity index (χ3n) is 5.36. The Labute approximate surface area is 146 Å². The van der Waals surface area contributed by atoms with Gasteiger partial charge in [0.05, 0.1) is 6.54 Å². The molecule has 1 saturated carbocycles. The number of hydrogen-bond acceptors (Lipinski definition) is 3. The first-order valence-electron chi connectivity index (χ1n) is 9.64. The Balaban J connectivity index is 1.36. The van der Waals surface area contributed by atoms with Crippen molar-refractivity contribution in [2.45, 2.75) is 50.9 Å². The van der Waals surface area contributed by atoms with E-state index in [9.17, 15) is 4.79 Å². The van der Waals surface area contributed by atoms with Crippen molar-refractivity contribution in [3.63, 3.8) is 0 Å². The van der Waals surface area contributed by atoms with Crippen molar-refractivity contribution in [2.75, 3.05) is 38.0 Å². The lowest BCUT2D eigenvalue weighted by molar-refractivity contribution is -0.115. The lowest BCUT2D eigenvalue weighted by atomic mass is 9.84. The van der Waals surface area contributed by atoms with Crippen molar-refractivity contribution in [1.29, 1.82) is 0 Å². The van der Waals surface area contributed by atoms with Gasteiger partial charge in [0.2, 0.25) is 5.91 Å². The van der Waals surface area contributed by atoms with Crippen LogP contribution in [0.3, 0.4) is 0 Å². The van der Waals surface area contributed by atoms with Crippen molar-refractivity contribution in [3.05, 3.63) is 29.8 Å². The Bertz CT molecular complexity index is 502. The maximum Gasteiger partial charge on any atom is 0.238 e. The second-order valence-electron chi connectivity index (χ2n) is 7.23. The van der Waals surface area contributed by atoms with E-state index in [0.29, 0.717) is 6.54 Å². The molecular formula is C20H31N3O. The molecule has 1 aromatic carbocycles. The first-order valence-corrected chi connectivity index (χ1v) is 9.64. The monoisotopic (exact) mass is 329 g/mol. The molecule has 2 aliphatic rings. The number of likely N-dealkylation sites (tertiary alicyclic amines) is 1. The molecule has 0 radical (unpaired) electrons. The van der Waals surface area contributed by atoms with Gasteiger partial charge in [-0.2, -0.15) is 0 Å². The molecule has 1 heterocycles. The molecule has 1 aliphatic heterocycles. The highest BCUT2D eigenvalue weighted by atomic mass is 16.1. The summed E-state index contributed by atoms with van der Waals surface area (Å²) in [6.07, 6.45) is 9.35. The van der Waals surface area contributed by atoms with E-state index >= 15 is 0 Å². The zero-order valence-electron chi connectivity index (χ0n) is 14.7. The molecule has 1 aliphatic carbocycles. The minimum atomic E-state index is 0.0434. The minimum Gasteiger partial charge on any atom is -0.325 e. The zero-order chi connectivity index (χ0) is 16.6. The van der Waals surface area contributed by atoms with Gasteiger partial charge in [0.1, 0.15) is 0 Å². The van der Waals surface area contributed by atoms with E-state index in [4.69, 9.17) is 0 Å². The van der Waals surface area contributed by atoms with Crippen LogP contribution in [0.2, 0.25) is 0 Å². The minimum absolute atomic E-state index is 0.0434. The van der Waals surface area contributed by atoms with Crippen LogP contribution in [-0.2, 0) is 4.79 Å². The Hall–Kier alpha value is -1.39. The summed E-state index contributed by atoms with van der Waals surface area (Å²) in [4.78, 5) is 14.5. The highest BCUT2D eigenvalue weighted by Gasteiger charge is 2.15. The van der Waals surface area contributed by atoms with E-state index in [2.05, 4.69) is 27.7 Å². The number of nitrogens with one attached hydrogen (secondary N) is 2. The summed E-state index contributed by atoms with van der Waals surface area (Å²) in [5.74, 6) is 0.762. The van der Waals surface area contributed by atoms with Crippen LogP contribution in [0.4, 0.5) is 5.69 Å². The molecule has 0 aromatic heterocycles. The van der Waals surface area contributed by atoms with Gasteiger partial charge in [0.15, 0.2) is 0 Å². The summed E-state index contributed by atoms with van der Waals surface area (Å²) < 4.78 is 0. The summed E-state index contributed by atoms with van der Waals surface area (Å²) in [7, 11) is 0. The highest BCUT2D eigenvalue weighted by Crippen LogP contribution is 2.32. The van der Waals surface area contributed by atoms with Gasteiger partial charge >= 0.3 is 0 Å². The van der Waals surface area contributed by atoms with Crippen LogP contribution in [0.5, 0.6) is 0 Å². The molecule has 0 atom stereocenters. The first-order chi connectivity index (χ1) is 11.8. The fourth-order valence-corrected chi connectivity index (χ4v) is 3.93. The second kappa shape index (κ2) is 9.19. The topological polar surface area (TPSA) is 44.4 Å². The van der Waals surface area contributed by atoms with Crippen LogP contribution in [0.1, 0.15) is 56.4 Å². The van der Waals surface area contributed by atoms with E-state index in [1.807, 2.05) is 12.1 Å². The third-order valence-corrected chi connectivity index (χ3v) is 5.36. The molecule has 2 fully saturated rings. The zero-order valence-corrected chi connectivity index (χ0v) is 14.7. The fraction of sp³-hybridized carbons (Fsp3) is 0.650. The van der Waals surface area contributed by atoms with Gasteiger partial charge in [-0.25, -0.2) is 0 Å². The SMILES string of the molecule is O=C(CNCCN1CCCC1)Nc1ccc(C2CCCCC2)cc1. The van der Waals surface area contributed by atoms with Crippen LogP contribution in [0.15, 0.2) is 24.3 Å². The molecule has 1 saturated heterocycles. The van der Waals surface area contributed by atoms with Gasteiger partial charge in [-0.15, -0.1) is 0 Å². The van der Waals surface area contributed by atoms with Crippen molar-refractivity contribution in [3.8, 4) is 0 Å². The van der Waals surface area contributed by atoms with Crippen LogP contribution in [-0.4, -0.2) is 43.5 Å². The Morgan fingerprint density at radius 3 is 2.42 bits per heavy atom. The number of amides is 1. The summed E-state index contributed by atoms with van der Waals surface area (Å²) in [6, 6.07) is 8.47. The highest BCUT2D eigenvalue weighted by molar-refractivity contribution is 5.92. The van der Waals surface area contributed by atoms with E-state index in [1.165, 1.54) is 63.6 Å². The molecular weight excluding hydrogens is 298 g/mol. The number of rotatable bonds is 7. The van der Waals surface area contributed by atoms with E-state index < -0.39 is 0 Å². The molecule has 0 spiro atoms. The first kappa shape index (κ1) is 17.4. The largest absolute Gasteiger partial charge is 0.325 e. The van der Waals surface area contributed by atoms with E-state index in [0.717, 1.165) is 24.7 Å². The van der Waals surface area contributed by atoms with Crippen molar-refractivity contribution in [2.24, 2.45) is 0 Å². The molecule has 3 rings (SSSR count). The molecule has 4 heteroatoms. The third kappa shape index (κ3) is 5.32. The molecule has 1 aromatic rings. The van der Waals surface area contributed by atoms with Gasteiger partial charge in [0, 0.05) is 18.8 Å². The number of hydrogen-bond donors (Lipinski definition) is 2. The number of carbonyl (C=O) groups excluding carboxylic acids is 1. The summed E-state index contributed by atoms with van der Waals surface area (Å²) >= 11 is 0. The van der Waals surface area contributed by atoms with Crippen LogP contribution < -0.4 is 10.6 Å². The van der Waals surface area contributed by atoms with Gasteiger partial charge < -0.3 is 15.5 Å². The Morgan fingerprint density at radius 1 is 1.00 bits per heavy atom. The summed E-state index contributed by atoms with van der Waals surface area (Å²) in [6.45, 7) is 4.73. The normalized spacial score (nSPS) is 19.5. The quantitative estimate of drug-likeness (QED) is 0.754. The van der Waals surface area contributed by atoms with Crippen LogP contribution in [0.25, 0.3) is 0 Å². The fourth-order valence-electron chi connectivity index (χ4n) is 3.93. The van der Waals surface area contributed by atoms with Crippen LogP contribution in [0, 0.1) is 0 Å². The van der Waals surface area contributed by atoms with E-state index in [-0.39, 0.29) is 5.91 Å². The average molecular weight is 329 g/mol. The second-order valence-corrected chi connectivity index (χ2v) is 7.23. The van der Waals surface area contributed by atoms with Crippen LogP contribution >= 0.6 is 0 Å². The van der Waals surface area contributed by atoms with Crippen molar-refractivity contribution in [1.82, 2.24) is 10.2 Å². The molecule has 24 heavy (non-hydrogen) atoms. The summed E-state index contributed by atoms with van der Waals surface area (Å²) in [5.41, 5.74) is 2.33. The molecule has 132 valence electrons. The molecule has 2 N–H and O–H groups in total. The molecule has 1 amide bonds. The van der Waals surface area contributed by atoms with Crippen molar-refractivity contribution < 1.29 is 4.79 Å². The molecule has 0 bridgehead atoms. The number of carbonyl (C=O) groups is 1. The number of nitrogens with zero attached hydrogens (tertiary/aromatic N) is 1. The predicted octanol–water partition coefficient (Wildman–Crippen LogP) is 3.36. The average Bonchev–Trinajstić information content (AvgIpc) is 3.14.